The van der Waals surface area contributed by atoms with E-state index in [9.17, 15) is 0 Å². The molecule has 0 unspecified atom stereocenters. The second-order valence-electron chi connectivity index (χ2n) is 5.25. The van der Waals surface area contributed by atoms with Gasteiger partial charge in [0.15, 0.2) is 0 Å². The molecule has 0 amide bonds. The average molecular weight is 234 g/mol. The summed E-state index contributed by atoms with van der Waals surface area (Å²) in [6.45, 7) is 11.6. The van der Waals surface area contributed by atoms with Crippen molar-refractivity contribution in [3.63, 3.8) is 0 Å². The monoisotopic (exact) mass is 234 g/mol. The largest absolute Gasteiger partial charge is 0.370 e. The Hall–Kier alpha value is -1.02. The zero-order chi connectivity index (χ0) is 12.8. The van der Waals surface area contributed by atoms with Crippen molar-refractivity contribution in [3.05, 3.63) is 29.3 Å². The van der Waals surface area contributed by atoms with E-state index < -0.39 is 0 Å². The van der Waals surface area contributed by atoms with Crippen LogP contribution in [-0.2, 0) is 0 Å². The van der Waals surface area contributed by atoms with Crippen molar-refractivity contribution in [1.29, 1.82) is 0 Å². The fraction of sp³-hybridized carbons (Fsp3) is 0.600. The molecule has 1 aromatic carbocycles. The highest BCUT2D eigenvalue weighted by molar-refractivity contribution is 5.54. The molecular formula is C15H26N2. The SMILES string of the molecule is Cc1ccc(C)c(N(CCN)CCC(C)C)c1. The van der Waals surface area contributed by atoms with Gasteiger partial charge in [-0.2, -0.15) is 0 Å². The zero-order valence-electron chi connectivity index (χ0n) is 11.7. The maximum Gasteiger partial charge on any atom is 0.0399 e. The van der Waals surface area contributed by atoms with Gasteiger partial charge in [-0.05, 0) is 43.4 Å². The van der Waals surface area contributed by atoms with E-state index in [1.807, 2.05) is 0 Å². The van der Waals surface area contributed by atoms with Crippen LogP contribution in [0.4, 0.5) is 5.69 Å². The third kappa shape index (κ3) is 4.39. The number of hydrogen-bond acceptors (Lipinski definition) is 2. The van der Waals surface area contributed by atoms with Crippen LogP contribution < -0.4 is 10.6 Å². The van der Waals surface area contributed by atoms with Crippen LogP contribution in [0.25, 0.3) is 0 Å². The Morgan fingerprint density at radius 1 is 1.18 bits per heavy atom. The summed E-state index contributed by atoms with van der Waals surface area (Å²) in [5, 5.41) is 0. The second kappa shape index (κ2) is 6.65. The highest BCUT2D eigenvalue weighted by atomic mass is 15.1. The van der Waals surface area contributed by atoms with Crippen LogP contribution in [0.5, 0.6) is 0 Å². The molecule has 0 bridgehead atoms. The first-order chi connectivity index (χ1) is 8.04. The molecule has 17 heavy (non-hydrogen) atoms. The minimum atomic E-state index is 0.714. The molecule has 2 N–H and O–H groups in total. The second-order valence-corrected chi connectivity index (χ2v) is 5.25. The molecule has 0 heterocycles. The molecule has 1 aromatic rings. The quantitative estimate of drug-likeness (QED) is 0.819. The van der Waals surface area contributed by atoms with E-state index in [4.69, 9.17) is 5.73 Å². The van der Waals surface area contributed by atoms with E-state index in [0.717, 1.165) is 19.0 Å². The molecule has 0 spiro atoms. The highest BCUT2D eigenvalue weighted by Crippen LogP contribution is 2.22. The molecular weight excluding hydrogens is 208 g/mol. The summed E-state index contributed by atoms with van der Waals surface area (Å²) < 4.78 is 0. The van der Waals surface area contributed by atoms with Gasteiger partial charge in [-0.3, -0.25) is 0 Å². The van der Waals surface area contributed by atoms with Crippen LogP contribution in [0.15, 0.2) is 18.2 Å². The lowest BCUT2D eigenvalue weighted by molar-refractivity contribution is 0.573. The van der Waals surface area contributed by atoms with Crippen molar-refractivity contribution < 1.29 is 0 Å². The molecule has 2 heteroatoms. The number of hydrogen-bond donors (Lipinski definition) is 1. The molecule has 96 valence electrons. The first-order valence-electron chi connectivity index (χ1n) is 6.57. The summed E-state index contributed by atoms with van der Waals surface area (Å²) in [7, 11) is 0. The summed E-state index contributed by atoms with van der Waals surface area (Å²) in [6.07, 6.45) is 1.22. The van der Waals surface area contributed by atoms with Crippen LogP contribution in [0.3, 0.4) is 0 Å². The van der Waals surface area contributed by atoms with Gasteiger partial charge in [0.1, 0.15) is 0 Å². The fourth-order valence-electron chi connectivity index (χ4n) is 1.98. The Bertz CT molecular complexity index is 345. The number of nitrogens with zero attached hydrogens (tertiary/aromatic N) is 1. The van der Waals surface area contributed by atoms with Crippen molar-refractivity contribution >= 4 is 5.69 Å². The number of benzene rings is 1. The van der Waals surface area contributed by atoms with Crippen LogP contribution in [0.1, 0.15) is 31.4 Å². The molecule has 0 atom stereocenters. The van der Waals surface area contributed by atoms with Gasteiger partial charge in [0.25, 0.3) is 0 Å². The van der Waals surface area contributed by atoms with Gasteiger partial charge in [-0.1, -0.05) is 26.0 Å². The summed E-state index contributed by atoms with van der Waals surface area (Å²) in [6, 6.07) is 6.64. The lowest BCUT2D eigenvalue weighted by Crippen LogP contribution is -2.31. The predicted molar refractivity (Wildman–Crippen MR) is 76.6 cm³/mol. The summed E-state index contributed by atoms with van der Waals surface area (Å²) in [5.41, 5.74) is 9.72. The van der Waals surface area contributed by atoms with E-state index >= 15 is 0 Å². The van der Waals surface area contributed by atoms with Crippen LogP contribution in [0, 0.1) is 19.8 Å². The molecule has 0 aliphatic rings. The number of nitrogens with two attached hydrogens (primary N) is 1. The lowest BCUT2D eigenvalue weighted by Gasteiger charge is -2.27. The first kappa shape index (κ1) is 14.0. The van der Waals surface area contributed by atoms with Gasteiger partial charge in [0.2, 0.25) is 0 Å². The van der Waals surface area contributed by atoms with E-state index in [1.54, 1.807) is 0 Å². The molecule has 0 fully saturated rings. The third-order valence-corrected chi connectivity index (χ3v) is 3.08. The van der Waals surface area contributed by atoms with Gasteiger partial charge in [0, 0.05) is 25.3 Å². The first-order valence-corrected chi connectivity index (χ1v) is 6.57. The molecule has 0 saturated carbocycles. The topological polar surface area (TPSA) is 29.3 Å². The van der Waals surface area contributed by atoms with E-state index in [-0.39, 0.29) is 0 Å². The van der Waals surface area contributed by atoms with Crippen LogP contribution in [0.2, 0.25) is 0 Å². The summed E-state index contributed by atoms with van der Waals surface area (Å²) >= 11 is 0. The average Bonchev–Trinajstić information content (AvgIpc) is 2.27. The molecule has 0 saturated heterocycles. The minimum Gasteiger partial charge on any atom is -0.370 e. The standard InChI is InChI=1S/C15H26N2/c1-12(2)7-9-17(10-8-16)15-11-13(3)5-6-14(15)4/h5-6,11-12H,7-10,16H2,1-4H3. The van der Waals surface area contributed by atoms with E-state index in [1.165, 1.54) is 23.2 Å². The van der Waals surface area contributed by atoms with Crippen molar-refractivity contribution in [3.8, 4) is 0 Å². The lowest BCUT2D eigenvalue weighted by atomic mass is 10.1. The normalized spacial score (nSPS) is 10.9. The van der Waals surface area contributed by atoms with Crippen molar-refractivity contribution in [2.75, 3.05) is 24.5 Å². The Morgan fingerprint density at radius 2 is 1.88 bits per heavy atom. The fourth-order valence-corrected chi connectivity index (χ4v) is 1.98. The van der Waals surface area contributed by atoms with Crippen LogP contribution >= 0.6 is 0 Å². The maximum atomic E-state index is 5.72. The van der Waals surface area contributed by atoms with Gasteiger partial charge in [-0.15, -0.1) is 0 Å². The molecule has 0 aliphatic heterocycles. The number of aryl methyl sites for hydroxylation is 2. The van der Waals surface area contributed by atoms with Crippen molar-refractivity contribution in [2.45, 2.75) is 34.1 Å². The predicted octanol–water partition coefficient (Wildman–Crippen LogP) is 3.11. The summed E-state index contributed by atoms with van der Waals surface area (Å²) in [4.78, 5) is 2.42. The Labute approximate surface area is 106 Å². The molecule has 0 aliphatic carbocycles. The summed E-state index contributed by atoms with van der Waals surface area (Å²) in [5.74, 6) is 0.736. The minimum absolute atomic E-state index is 0.714. The zero-order valence-corrected chi connectivity index (χ0v) is 11.7. The Morgan fingerprint density at radius 3 is 2.47 bits per heavy atom. The molecule has 2 nitrogen and oxygen atoms in total. The van der Waals surface area contributed by atoms with Crippen molar-refractivity contribution in [2.24, 2.45) is 11.7 Å². The molecule has 0 aromatic heterocycles. The van der Waals surface area contributed by atoms with Crippen LogP contribution in [-0.4, -0.2) is 19.6 Å². The maximum absolute atomic E-state index is 5.72. The molecule has 0 radical (unpaired) electrons. The van der Waals surface area contributed by atoms with Crippen molar-refractivity contribution in [1.82, 2.24) is 0 Å². The smallest absolute Gasteiger partial charge is 0.0399 e. The van der Waals surface area contributed by atoms with Gasteiger partial charge >= 0.3 is 0 Å². The van der Waals surface area contributed by atoms with E-state index in [2.05, 4.69) is 50.8 Å². The third-order valence-electron chi connectivity index (χ3n) is 3.08. The Balaban J connectivity index is 2.84. The van der Waals surface area contributed by atoms with Gasteiger partial charge in [-0.25, -0.2) is 0 Å². The molecule has 1 rings (SSSR count). The van der Waals surface area contributed by atoms with Gasteiger partial charge < -0.3 is 10.6 Å². The van der Waals surface area contributed by atoms with E-state index in [0.29, 0.717) is 6.54 Å². The highest BCUT2D eigenvalue weighted by Gasteiger charge is 2.09. The van der Waals surface area contributed by atoms with Gasteiger partial charge in [0.05, 0.1) is 0 Å². The number of rotatable bonds is 6. The number of anilines is 1. The Kier molecular flexibility index (Phi) is 5.49.